The Morgan fingerprint density at radius 1 is 1.05 bits per heavy atom. The Hall–Kier alpha value is -1.81. The molecule has 0 unspecified atom stereocenters. The van der Waals surface area contributed by atoms with E-state index in [1.807, 2.05) is 22.8 Å². The average Bonchev–Trinajstić information content (AvgIpc) is 2.68. The second-order valence-corrected chi connectivity index (χ2v) is 5.62. The topological polar surface area (TPSA) is 43.8 Å². The van der Waals surface area contributed by atoms with Crippen LogP contribution in [0.25, 0.3) is 16.7 Å². The van der Waals surface area contributed by atoms with E-state index in [2.05, 4.69) is 53.0 Å². The monoisotopic (exact) mass is 315 g/mol. The molecule has 0 bridgehead atoms. The van der Waals surface area contributed by atoms with Gasteiger partial charge in [-0.2, -0.15) is 0 Å². The summed E-state index contributed by atoms with van der Waals surface area (Å²) in [7, 11) is 0. The van der Waals surface area contributed by atoms with Crippen LogP contribution < -0.4 is 5.73 Å². The quantitative estimate of drug-likeness (QED) is 0.738. The van der Waals surface area contributed by atoms with E-state index >= 15 is 0 Å². The van der Waals surface area contributed by atoms with Gasteiger partial charge in [0, 0.05) is 10.2 Å². The van der Waals surface area contributed by atoms with Crippen molar-refractivity contribution in [1.82, 2.24) is 9.55 Å². The number of rotatable bonds is 1. The number of imidazole rings is 1. The predicted octanol–water partition coefficient (Wildman–Crippen LogP) is 3.99. The second-order valence-electron chi connectivity index (χ2n) is 4.71. The molecule has 0 saturated heterocycles. The Labute approximate surface area is 120 Å². The van der Waals surface area contributed by atoms with Gasteiger partial charge in [-0.25, -0.2) is 4.98 Å². The van der Waals surface area contributed by atoms with Gasteiger partial charge >= 0.3 is 0 Å². The summed E-state index contributed by atoms with van der Waals surface area (Å²) in [5.41, 5.74) is 11.5. The minimum atomic E-state index is 0.511. The van der Waals surface area contributed by atoms with Gasteiger partial charge in [0.15, 0.2) is 0 Å². The van der Waals surface area contributed by atoms with E-state index in [0.29, 0.717) is 5.95 Å². The van der Waals surface area contributed by atoms with Crippen molar-refractivity contribution >= 4 is 32.9 Å². The number of nitrogens with zero attached hydrogens (tertiary/aromatic N) is 2. The Morgan fingerprint density at radius 2 is 1.84 bits per heavy atom. The van der Waals surface area contributed by atoms with Crippen molar-refractivity contribution < 1.29 is 0 Å². The molecule has 19 heavy (non-hydrogen) atoms. The highest BCUT2D eigenvalue weighted by molar-refractivity contribution is 9.10. The minimum Gasteiger partial charge on any atom is -0.369 e. The van der Waals surface area contributed by atoms with Crippen LogP contribution in [0.1, 0.15) is 11.1 Å². The number of anilines is 1. The van der Waals surface area contributed by atoms with E-state index in [1.54, 1.807) is 0 Å². The van der Waals surface area contributed by atoms with Crippen LogP contribution in [0.3, 0.4) is 0 Å². The van der Waals surface area contributed by atoms with Gasteiger partial charge in [-0.05, 0) is 55.3 Å². The first kappa shape index (κ1) is 12.2. The second kappa shape index (κ2) is 4.38. The molecule has 0 spiro atoms. The van der Waals surface area contributed by atoms with Crippen molar-refractivity contribution in [2.75, 3.05) is 5.73 Å². The van der Waals surface area contributed by atoms with Crippen molar-refractivity contribution in [1.29, 1.82) is 0 Å². The molecule has 0 aliphatic heterocycles. The first-order chi connectivity index (χ1) is 9.06. The number of nitrogens with two attached hydrogens (primary N) is 1. The fourth-order valence-corrected chi connectivity index (χ4v) is 2.56. The van der Waals surface area contributed by atoms with E-state index in [4.69, 9.17) is 5.73 Å². The minimum absolute atomic E-state index is 0.511. The third-order valence-corrected chi connectivity index (χ3v) is 3.88. The maximum absolute atomic E-state index is 6.06. The van der Waals surface area contributed by atoms with E-state index in [0.717, 1.165) is 21.2 Å². The van der Waals surface area contributed by atoms with Crippen molar-refractivity contribution in [3.8, 4) is 5.69 Å². The number of nitrogen functional groups attached to an aromatic ring is 1. The lowest BCUT2D eigenvalue weighted by Gasteiger charge is -2.09. The van der Waals surface area contributed by atoms with E-state index in [1.165, 1.54) is 11.1 Å². The Bertz CT molecular complexity index is 774. The fraction of sp³-hybridized carbons (Fsp3) is 0.133. The van der Waals surface area contributed by atoms with Crippen molar-refractivity contribution in [3.63, 3.8) is 0 Å². The zero-order chi connectivity index (χ0) is 13.6. The summed E-state index contributed by atoms with van der Waals surface area (Å²) >= 11 is 3.45. The molecule has 3 nitrogen and oxygen atoms in total. The lowest BCUT2D eigenvalue weighted by molar-refractivity contribution is 1.10. The Balaban J connectivity index is 2.29. The van der Waals surface area contributed by atoms with E-state index in [-0.39, 0.29) is 0 Å². The zero-order valence-corrected chi connectivity index (χ0v) is 12.4. The highest BCUT2D eigenvalue weighted by Gasteiger charge is 2.10. The normalized spacial score (nSPS) is 11.1. The van der Waals surface area contributed by atoms with Crippen LogP contribution in [0.4, 0.5) is 5.95 Å². The van der Waals surface area contributed by atoms with Gasteiger partial charge in [0.05, 0.1) is 11.0 Å². The number of halogens is 1. The third-order valence-electron chi connectivity index (χ3n) is 3.39. The first-order valence-electron chi connectivity index (χ1n) is 6.07. The molecule has 0 amide bonds. The molecule has 0 aliphatic rings. The molecule has 0 aliphatic carbocycles. The molecular weight excluding hydrogens is 302 g/mol. The van der Waals surface area contributed by atoms with Gasteiger partial charge < -0.3 is 5.73 Å². The summed E-state index contributed by atoms with van der Waals surface area (Å²) in [4.78, 5) is 4.41. The molecule has 0 atom stereocenters. The molecule has 1 aromatic heterocycles. The van der Waals surface area contributed by atoms with Gasteiger partial charge in [0.2, 0.25) is 5.95 Å². The molecule has 0 radical (unpaired) electrons. The Morgan fingerprint density at radius 3 is 2.58 bits per heavy atom. The first-order valence-corrected chi connectivity index (χ1v) is 6.86. The summed E-state index contributed by atoms with van der Waals surface area (Å²) in [5, 5.41) is 0. The van der Waals surface area contributed by atoms with Crippen LogP contribution in [-0.4, -0.2) is 9.55 Å². The summed E-state index contributed by atoms with van der Waals surface area (Å²) in [6.07, 6.45) is 0. The zero-order valence-electron chi connectivity index (χ0n) is 10.8. The predicted molar refractivity (Wildman–Crippen MR) is 82.7 cm³/mol. The summed E-state index contributed by atoms with van der Waals surface area (Å²) in [6.45, 7) is 4.20. The average molecular weight is 316 g/mol. The van der Waals surface area contributed by atoms with Crippen LogP contribution in [0.15, 0.2) is 40.9 Å². The molecule has 0 fully saturated rings. The standard InChI is InChI=1S/C15H14BrN3/c1-9-3-5-12(7-10(9)2)19-14-6-4-11(16)8-13(14)18-15(19)17/h3-8H,1-2H3,(H2,17,18). The molecule has 0 saturated carbocycles. The molecule has 1 heterocycles. The SMILES string of the molecule is Cc1ccc(-n2c(N)nc3cc(Br)ccc32)cc1C. The smallest absolute Gasteiger partial charge is 0.205 e. The van der Waals surface area contributed by atoms with E-state index in [9.17, 15) is 0 Å². The molecule has 3 rings (SSSR count). The van der Waals surface area contributed by atoms with Gasteiger partial charge in [-0.15, -0.1) is 0 Å². The number of fused-ring (bicyclic) bond motifs is 1. The van der Waals surface area contributed by atoms with Gasteiger partial charge in [0.1, 0.15) is 0 Å². The lowest BCUT2D eigenvalue weighted by Crippen LogP contribution is -2.01. The number of hydrogen-bond acceptors (Lipinski definition) is 2. The Kier molecular flexibility index (Phi) is 2.82. The molecule has 3 aromatic rings. The summed E-state index contributed by atoms with van der Waals surface area (Å²) in [6, 6.07) is 12.3. The van der Waals surface area contributed by atoms with E-state index < -0.39 is 0 Å². The number of hydrogen-bond donors (Lipinski definition) is 1. The molecule has 2 aromatic carbocycles. The van der Waals surface area contributed by atoms with Gasteiger partial charge in [-0.1, -0.05) is 22.0 Å². The maximum Gasteiger partial charge on any atom is 0.205 e. The molecular formula is C15H14BrN3. The lowest BCUT2D eigenvalue weighted by atomic mass is 10.1. The molecule has 96 valence electrons. The number of aromatic nitrogens is 2. The number of aryl methyl sites for hydroxylation is 2. The fourth-order valence-electron chi connectivity index (χ4n) is 2.21. The van der Waals surface area contributed by atoms with Gasteiger partial charge in [-0.3, -0.25) is 4.57 Å². The summed E-state index contributed by atoms with van der Waals surface area (Å²) < 4.78 is 2.98. The highest BCUT2D eigenvalue weighted by atomic mass is 79.9. The third kappa shape index (κ3) is 2.02. The van der Waals surface area contributed by atoms with Gasteiger partial charge in [0.25, 0.3) is 0 Å². The van der Waals surface area contributed by atoms with Crippen molar-refractivity contribution in [2.45, 2.75) is 13.8 Å². The summed E-state index contributed by atoms with van der Waals surface area (Å²) in [5.74, 6) is 0.511. The molecule has 2 N–H and O–H groups in total. The molecule has 4 heteroatoms. The van der Waals surface area contributed by atoms with Crippen molar-refractivity contribution in [3.05, 3.63) is 52.0 Å². The number of benzene rings is 2. The van der Waals surface area contributed by atoms with Crippen LogP contribution >= 0.6 is 15.9 Å². The van der Waals surface area contributed by atoms with Crippen LogP contribution in [-0.2, 0) is 0 Å². The highest BCUT2D eigenvalue weighted by Crippen LogP contribution is 2.26. The van der Waals surface area contributed by atoms with Crippen LogP contribution in [0, 0.1) is 13.8 Å². The van der Waals surface area contributed by atoms with Crippen molar-refractivity contribution in [2.24, 2.45) is 0 Å². The van der Waals surface area contributed by atoms with Crippen LogP contribution in [0.2, 0.25) is 0 Å². The maximum atomic E-state index is 6.06. The van der Waals surface area contributed by atoms with Crippen LogP contribution in [0.5, 0.6) is 0 Å². The largest absolute Gasteiger partial charge is 0.369 e.